The number of allylic oxidation sites excluding steroid dienone is 1. The van der Waals surface area contributed by atoms with Crippen LogP contribution in [0.25, 0.3) is 0 Å². The Morgan fingerprint density at radius 1 is 0.882 bits per heavy atom. The zero-order valence-corrected chi connectivity index (χ0v) is 19.6. The number of para-hydroxylation sites is 2. The van der Waals surface area contributed by atoms with Gasteiger partial charge in [0.05, 0.1) is 31.1 Å². The number of fused-ring (bicyclic) bond motifs is 1. The molecule has 34 heavy (non-hydrogen) atoms. The summed E-state index contributed by atoms with van der Waals surface area (Å²) in [6.45, 7) is 2.79. The molecule has 5 heteroatoms. The zero-order chi connectivity index (χ0) is 23.5. The molecule has 2 atom stereocenters. The van der Waals surface area contributed by atoms with Crippen molar-refractivity contribution in [3.63, 3.8) is 0 Å². The topological polar surface area (TPSA) is 59.6 Å². The van der Waals surface area contributed by atoms with Gasteiger partial charge in [0.1, 0.15) is 11.5 Å². The summed E-state index contributed by atoms with van der Waals surface area (Å²) in [7, 11) is 1.67. The molecule has 3 aromatic carbocycles. The SMILES string of the molecule is CCCOc1ccc([C@@H]2Nc3ccccc3NC3=C2C(=O)C[C@H](c2cccc(OC)c2)C3)cc1. The van der Waals surface area contributed by atoms with Crippen LogP contribution in [0, 0.1) is 0 Å². The lowest BCUT2D eigenvalue weighted by Crippen LogP contribution is -2.26. The Hall–Kier alpha value is -3.73. The Bertz CT molecular complexity index is 1220. The number of carbonyl (C=O) groups excluding carboxylic acids is 1. The second-order valence-electron chi connectivity index (χ2n) is 8.86. The lowest BCUT2D eigenvalue weighted by molar-refractivity contribution is -0.116. The normalized spacial score (nSPS) is 19.3. The Morgan fingerprint density at radius 3 is 2.44 bits per heavy atom. The molecule has 0 spiro atoms. The molecule has 0 fully saturated rings. The molecule has 0 radical (unpaired) electrons. The number of benzene rings is 3. The molecular weight excluding hydrogens is 424 g/mol. The van der Waals surface area contributed by atoms with Crippen molar-refractivity contribution in [3.05, 3.63) is 95.2 Å². The van der Waals surface area contributed by atoms with E-state index in [1.165, 1.54) is 0 Å². The molecule has 0 bridgehead atoms. The molecular formula is C29H30N2O3. The summed E-state index contributed by atoms with van der Waals surface area (Å²) in [5, 5.41) is 7.24. The van der Waals surface area contributed by atoms with Crippen LogP contribution in [0.1, 0.15) is 49.3 Å². The minimum Gasteiger partial charge on any atom is -0.497 e. The molecule has 1 heterocycles. The number of anilines is 2. The first-order chi connectivity index (χ1) is 16.7. The summed E-state index contributed by atoms with van der Waals surface area (Å²) in [5.41, 5.74) is 5.94. The van der Waals surface area contributed by atoms with Crippen molar-refractivity contribution < 1.29 is 14.3 Å². The van der Waals surface area contributed by atoms with E-state index < -0.39 is 0 Å². The van der Waals surface area contributed by atoms with Gasteiger partial charge in [-0.15, -0.1) is 0 Å². The van der Waals surface area contributed by atoms with Crippen LogP contribution in [0.3, 0.4) is 0 Å². The number of methoxy groups -OCH3 is 1. The third kappa shape index (κ3) is 4.38. The molecule has 5 rings (SSSR count). The molecule has 2 aliphatic rings. The van der Waals surface area contributed by atoms with Crippen molar-refractivity contribution in [2.75, 3.05) is 24.4 Å². The summed E-state index contributed by atoms with van der Waals surface area (Å²) in [6.07, 6.45) is 2.20. The van der Waals surface area contributed by atoms with Gasteiger partial charge < -0.3 is 20.1 Å². The summed E-state index contributed by atoms with van der Waals surface area (Å²) >= 11 is 0. The molecule has 1 aliphatic heterocycles. The maximum atomic E-state index is 13.7. The Morgan fingerprint density at radius 2 is 1.68 bits per heavy atom. The van der Waals surface area contributed by atoms with E-state index in [1.54, 1.807) is 7.11 Å². The molecule has 0 unspecified atom stereocenters. The van der Waals surface area contributed by atoms with E-state index in [9.17, 15) is 4.79 Å². The van der Waals surface area contributed by atoms with E-state index in [0.717, 1.165) is 58.1 Å². The second kappa shape index (κ2) is 9.64. The van der Waals surface area contributed by atoms with Gasteiger partial charge in [-0.3, -0.25) is 4.79 Å². The van der Waals surface area contributed by atoms with Gasteiger partial charge in [0.25, 0.3) is 0 Å². The first kappa shape index (κ1) is 22.1. The quantitative estimate of drug-likeness (QED) is 0.447. The van der Waals surface area contributed by atoms with Gasteiger partial charge in [-0.05, 0) is 66.3 Å². The first-order valence-corrected chi connectivity index (χ1v) is 11.9. The minimum absolute atomic E-state index is 0.101. The predicted octanol–water partition coefficient (Wildman–Crippen LogP) is 6.46. The fourth-order valence-electron chi connectivity index (χ4n) is 4.85. The van der Waals surface area contributed by atoms with Gasteiger partial charge in [-0.2, -0.15) is 0 Å². The number of ether oxygens (including phenoxy) is 2. The molecule has 0 aromatic heterocycles. The average Bonchev–Trinajstić information content (AvgIpc) is 3.04. The second-order valence-corrected chi connectivity index (χ2v) is 8.86. The standard InChI is InChI=1S/C29H30N2O3/c1-3-15-34-22-13-11-19(12-14-22)29-28-26(30-24-9-4-5-10-25(24)31-29)17-21(18-27(28)32)20-7-6-8-23(16-20)33-2/h4-14,16,21,29-31H,3,15,17-18H2,1-2H3/t21-,29+/m1/s1. The van der Waals surface area contributed by atoms with Gasteiger partial charge in [-0.1, -0.05) is 43.3 Å². The van der Waals surface area contributed by atoms with Crippen molar-refractivity contribution in [3.8, 4) is 11.5 Å². The number of hydrogen-bond acceptors (Lipinski definition) is 5. The Labute approximate surface area is 200 Å². The van der Waals surface area contributed by atoms with Gasteiger partial charge in [-0.25, -0.2) is 0 Å². The number of hydrogen-bond donors (Lipinski definition) is 2. The molecule has 2 N–H and O–H groups in total. The van der Waals surface area contributed by atoms with Crippen LogP contribution in [0.4, 0.5) is 11.4 Å². The van der Waals surface area contributed by atoms with Crippen LogP contribution in [0.15, 0.2) is 84.1 Å². The van der Waals surface area contributed by atoms with Gasteiger partial charge >= 0.3 is 0 Å². The van der Waals surface area contributed by atoms with E-state index >= 15 is 0 Å². The van der Waals surface area contributed by atoms with Crippen LogP contribution < -0.4 is 20.1 Å². The number of carbonyl (C=O) groups is 1. The van der Waals surface area contributed by atoms with Crippen LogP contribution in [0.2, 0.25) is 0 Å². The number of rotatable bonds is 6. The maximum Gasteiger partial charge on any atom is 0.163 e. The van der Waals surface area contributed by atoms with Gasteiger partial charge in [0, 0.05) is 17.7 Å². The van der Waals surface area contributed by atoms with E-state index in [1.807, 2.05) is 42.5 Å². The van der Waals surface area contributed by atoms with E-state index in [2.05, 4.69) is 47.9 Å². The molecule has 3 aromatic rings. The third-order valence-corrected chi connectivity index (χ3v) is 6.56. The summed E-state index contributed by atoms with van der Waals surface area (Å²) < 4.78 is 11.2. The zero-order valence-electron chi connectivity index (χ0n) is 19.6. The average molecular weight is 455 g/mol. The number of nitrogens with one attached hydrogen (secondary N) is 2. The first-order valence-electron chi connectivity index (χ1n) is 11.9. The molecule has 174 valence electrons. The largest absolute Gasteiger partial charge is 0.497 e. The van der Waals surface area contributed by atoms with E-state index in [4.69, 9.17) is 9.47 Å². The van der Waals surface area contributed by atoms with Crippen molar-refractivity contribution in [2.45, 2.75) is 38.1 Å². The van der Waals surface area contributed by atoms with Crippen LogP contribution in [0.5, 0.6) is 11.5 Å². The fourth-order valence-corrected chi connectivity index (χ4v) is 4.85. The van der Waals surface area contributed by atoms with Gasteiger partial charge in [0.2, 0.25) is 0 Å². The van der Waals surface area contributed by atoms with Crippen LogP contribution in [-0.4, -0.2) is 19.5 Å². The molecule has 5 nitrogen and oxygen atoms in total. The van der Waals surface area contributed by atoms with Crippen molar-refractivity contribution >= 4 is 17.2 Å². The smallest absolute Gasteiger partial charge is 0.163 e. The summed E-state index contributed by atoms with van der Waals surface area (Å²) in [5.74, 6) is 1.93. The highest BCUT2D eigenvalue weighted by Gasteiger charge is 2.36. The minimum atomic E-state index is -0.231. The van der Waals surface area contributed by atoms with Crippen LogP contribution in [-0.2, 0) is 4.79 Å². The highest BCUT2D eigenvalue weighted by molar-refractivity contribution is 6.01. The van der Waals surface area contributed by atoms with Crippen molar-refractivity contribution in [2.24, 2.45) is 0 Å². The Balaban J connectivity index is 1.53. The van der Waals surface area contributed by atoms with Crippen molar-refractivity contribution in [1.82, 2.24) is 0 Å². The molecule has 0 saturated heterocycles. The monoisotopic (exact) mass is 454 g/mol. The lowest BCUT2D eigenvalue weighted by atomic mass is 9.78. The van der Waals surface area contributed by atoms with Crippen molar-refractivity contribution in [1.29, 1.82) is 0 Å². The predicted molar refractivity (Wildman–Crippen MR) is 136 cm³/mol. The highest BCUT2D eigenvalue weighted by Crippen LogP contribution is 2.44. The van der Waals surface area contributed by atoms with Crippen LogP contribution >= 0.6 is 0 Å². The Kier molecular flexibility index (Phi) is 6.26. The van der Waals surface area contributed by atoms with E-state index in [-0.39, 0.29) is 17.7 Å². The highest BCUT2D eigenvalue weighted by atomic mass is 16.5. The fraction of sp³-hybridized carbons (Fsp3) is 0.276. The lowest BCUT2D eigenvalue weighted by Gasteiger charge is -2.30. The molecule has 1 aliphatic carbocycles. The van der Waals surface area contributed by atoms with E-state index in [0.29, 0.717) is 13.0 Å². The molecule has 0 amide bonds. The third-order valence-electron chi connectivity index (χ3n) is 6.56. The number of Topliss-reactive ketones (excluding diaryl/α,β-unsaturated/α-hetero) is 1. The summed E-state index contributed by atoms with van der Waals surface area (Å²) in [4.78, 5) is 13.7. The van der Waals surface area contributed by atoms with Gasteiger partial charge in [0.15, 0.2) is 5.78 Å². The molecule has 0 saturated carbocycles. The summed E-state index contributed by atoms with van der Waals surface area (Å²) in [6, 6.07) is 24.0. The number of ketones is 1. The maximum absolute atomic E-state index is 13.7.